The van der Waals surface area contributed by atoms with E-state index in [0.717, 1.165) is 10.9 Å². The third kappa shape index (κ3) is 3.03. The molecule has 1 aromatic carbocycles. The van der Waals surface area contributed by atoms with Crippen molar-refractivity contribution in [3.05, 3.63) is 35.7 Å². The van der Waals surface area contributed by atoms with Crippen molar-refractivity contribution in [1.82, 2.24) is 9.88 Å². The van der Waals surface area contributed by atoms with E-state index >= 15 is 0 Å². The second-order valence-corrected chi connectivity index (χ2v) is 5.53. The van der Waals surface area contributed by atoms with Crippen LogP contribution in [0.15, 0.2) is 35.7 Å². The molecule has 2 aromatic rings. The number of hydrogen-bond acceptors (Lipinski definition) is 6. The number of nitrogens with one attached hydrogen (secondary N) is 2. The van der Waals surface area contributed by atoms with Crippen LogP contribution in [0.4, 0.5) is 5.69 Å². The Balaban J connectivity index is 2.03. The number of methoxy groups -OCH3 is 2. The number of H-pyrrole nitrogens is 1. The van der Waals surface area contributed by atoms with Crippen LogP contribution in [0.25, 0.3) is 10.9 Å². The molecule has 25 heavy (non-hydrogen) atoms. The molecule has 0 aliphatic carbocycles. The van der Waals surface area contributed by atoms with E-state index in [1.807, 2.05) is 12.1 Å². The SMILES string of the molecule is COC(=O)C1=C(Nc2cc(OC)cc3[nH]ccc23)C(=O)N(CCO)C1. The van der Waals surface area contributed by atoms with E-state index in [1.165, 1.54) is 12.0 Å². The van der Waals surface area contributed by atoms with Gasteiger partial charge in [-0.15, -0.1) is 0 Å². The van der Waals surface area contributed by atoms with Gasteiger partial charge in [0.05, 0.1) is 44.1 Å². The summed E-state index contributed by atoms with van der Waals surface area (Å²) in [5.74, 6) is -0.333. The lowest BCUT2D eigenvalue weighted by Gasteiger charge is -2.15. The molecule has 8 nitrogen and oxygen atoms in total. The zero-order valence-corrected chi connectivity index (χ0v) is 14.0. The Morgan fingerprint density at radius 1 is 1.40 bits per heavy atom. The molecule has 0 bridgehead atoms. The van der Waals surface area contributed by atoms with Gasteiger partial charge < -0.3 is 29.8 Å². The van der Waals surface area contributed by atoms with Gasteiger partial charge in [0.15, 0.2) is 0 Å². The first-order chi connectivity index (χ1) is 12.1. The number of ether oxygens (including phenoxy) is 2. The van der Waals surface area contributed by atoms with Crippen molar-refractivity contribution in [3.63, 3.8) is 0 Å². The molecule has 0 atom stereocenters. The highest BCUT2D eigenvalue weighted by Gasteiger charge is 2.34. The number of carbonyl (C=O) groups is 2. The molecule has 2 heterocycles. The number of aromatic amines is 1. The van der Waals surface area contributed by atoms with Gasteiger partial charge in [0, 0.05) is 30.3 Å². The summed E-state index contributed by atoms with van der Waals surface area (Å²) in [4.78, 5) is 29.1. The molecule has 0 radical (unpaired) electrons. The van der Waals surface area contributed by atoms with Gasteiger partial charge in [-0.2, -0.15) is 0 Å². The fourth-order valence-corrected chi connectivity index (χ4v) is 2.85. The number of benzene rings is 1. The maximum atomic E-state index is 12.6. The van der Waals surface area contributed by atoms with Gasteiger partial charge >= 0.3 is 5.97 Å². The van der Waals surface area contributed by atoms with Crippen molar-refractivity contribution in [3.8, 4) is 5.75 Å². The minimum Gasteiger partial charge on any atom is -0.497 e. The molecule has 3 rings (SSSR count). The Morgan fingerprint density at radius 3 is 2.88 bits per heavy atom. The van der Waals surface area contributed by atoms with Gasteiger partial charge in [-0.25, -0.2) is 4.79 Å². The Morgan fingerprint density at radius 2 is 2.20 bits per heavy atom. The van der Waals surface area contributed by atoms with Crippen LogP contribution in [0.5, 0.6) is 5.75 Å². The van der Waals surface area contributed by atoms with Gasteiger partial charge in [0.1, 0.15) is 11.4 Å². The van der Waals surface area contributed by atoms with E-state index in [-0.39, 0.29) is 36.9 Å². The van der Waals surface area contributed by atoms with Crippen LogP contribution in [-0.4, -0.2) is 60.8 Å². The lowest BCUT2D eigenvalue weighted by molar-refractivity contribution is -0.136. The summed E-state index contributed by atoms with van der Waals surface area (Å²) in [6.07, 6.45) is 1.78. The summed E-state index contributed by atoms with van der Waals surface area (Å²) in [6.45, 7) is 0.0471. The zero-order chi connectivity index (χ0) is 18.0. The normalized spacial score (nSPS) is 14.4. The number of aliphatic hydroxyl groups excluding tert-OH is 1. The molecular weight excluding hydrogens is 326 g/mol. The zero-order valence-electron chi connectivity index (χ0n) is 14.0. The summed E-state index contributed by atoms with van der Waals surface area (Å²) in [7, 11) is 2.82. The van der Waals surface area contributed by atoms with Crippen LogP contribution < -0.4 is 10.1 Å². The number of carbonyl (C=O) groups excluding carboxylic acids is 2. The highest BCUT2D eigenvalue weighted by atomic mass is 16.5. The van der Waals surface area contributed by atoms with Crippen LogP contribution in [0.2, 0.25) is 0 Å². The number of anilines is 1. The second-order valence-electron chi connectivity index (χ2n) is 5.53. The van der Waals surface area contributed by atoms with Crippen molar-refractivity contribution in [2.45, 2.75) is 0 Å². The van der Waals surface area contributed by atoms with Crippen LogP contribution in [0.1, 0.15) is 0 Å². The van der Waals surface area contributed by atoms with Crippen molar-refractivity contribution in [2.75, 3.05) is 39.2 Å². The first-order valence-electron chi connectivity index (χ1n) is 7.72. The number of esters is 1. The molecule has 0 unspecified atom stereocenters. The van der Waals surface area contributed by atoms with Crippen molar-refractivity contribution >= 4 is 28.5 Å². The highest BCUT2D eigenvalue weighted by Crippen LogP contribution is 2.31. The standard InChI is InChI=1S/C17H19N3O5/c1-24-10-7-13-11(3-4-18-13)14(8-10)19-15-12(17(23)25-2)9-20(5-6-21)16(15)22/h3-4,7-8,18-19,21H,5-6,9H2,1-2H3. The molecule has 0 saturated heterocycles. The lowest BCUT2D eigenvalue weighted by Crippen LogP contribution is -2.31. The van der Waals surface area contributed by atoms with E-state index in [1.54, 1.807) is 19.4 Å². The van der Waals surface area contributed by atoms with Crippen LogP contribution in [-0.2, 0) is 14.3 Å². The molecule has 0 spiro atoms. The fourth-order valence-electron chi connectivity index (χ4n) is 2.85. The summed E-state index contributed by atoms with van der Waals surface area (Å²) < 4.78 is 10.1. The Hall–Kier alpha value is -3.00. The molecular formula is C17H19N3O5. The van der Waals surface area contributed by atoms with Gasteiger partial charge in [-0.1, -0.05) is 0 Å². The van der Waals surface area contributed by atoms with Crippen LogP contribution >= 0.6 is 0 Å². The predicted molar refractivity (Wildman–Crippen MR) is 91.2 cm³/mol. The lowest BCUT2D eigenvalue weighted by atomic mass is 10.1. The van der Waals surface area contributed by atoms with Crippen LogP contribution in [0, 0.1) is 0 Å². The summed E-state index contributed by atoms with van der Waals surface area (Å²) in [5.41, 5.74) is 1.84. The fraction of sp³-hybridized carbons (Fsp3) is 0.294. The van der Waals surface area contributed by atoms with Gasteiger partial charge in [0.25, 0.3) is 5.91 Å². The smallest absolute Gasteiger partial charge is 0.337 e. The Bertz CT molecular complexity index is 855. The minimum absolute atomic E-state index is 0.0919. The largest absolute Gasteiger partial charge is 0.497 e. The first kappa shape index (κ1) is 16.8. The summed E-state index contributed by atoms with van der Waals surface area (Å²) in [5, 5.41) is 13.0. The average Bonchev–Trinajstić information content (AvgIpc) is 3.21. The topological polar surface area (TPSA) is 104 Å². The molecule has 0 fully saturated rings. The molecule has 8 heteroatoms. The van der Waals surface area contributed by atoms with E-state index in [9.17, 15) is 9.59 Å². The Labute approximate surface area is 144 Å². The predicted octanol–water partition coefficient (Wildman–Crippen LogP) is 0.850. The molecule has 1 amide bonds. The Kier molecular flexibility index (Phi) is 4.62. The molecule has 0 saturated carbocycles. The molecule has 3 N–H and O–H groups in total. The van der Waals surface area contributed by atoms with E-state index < -0.39 is 5.97 Å². The molecule has 132 valence electrons. The number of aliphatic hydroxyl groups is 1. The van der Waals surface area contributed by atoms with Gasteiger partial charge in [-0.05, 0) is 6.07 Å². The minimum atomic E-state index is -0.579. The quantitative estimate of drug-likeness (QED) is 0.671. The summed E-state index contributed by atoms with van der Waals surface area (Å²) >= 11 is 0. The molecule has 1 aromatic heterocycles. The number of β-amino-alcohol motifs (C(OH)–C–C–N with tert-alkyl or cyclic N) is 1. The van der Waals surface area contributed by atoms with Crippen molar-refractivity contribution in [1.29, 1.82) is 0 Å². The second kappa shape index (κ2) is 6.86. The first-order valence-corrected chi connectivity index (χ1v) is 7.72. The average molecular weight is 345 g/mol. The van der Waals surface area contributed by atoms with Crippen molar-refractivity contribution in [2.24, 2.45) is 0 Å². The summed E-state index contributed by atoms with van der Waals surface area (Å²) in [6, 6.07) is 5.45. The third-order valence-electron chi connectivity index (χ3n) is 4.09. The molecule has 1 aliphatic heterocycles. The van der Waals surface area contributed by atoms with E-state index in [0.29, 0.717) is 11.4 Å². The van der Waals surface area contributed by atoms with Crippen LogP contribution in [0.3, 0.4) is 0 Å². The van der Waals surface area contributed by atoms with Gasteiger partial charge in [-0.3, -0.25) is 4.79 Å². The maximum absolute atomic E-state index is 12.6. The molecule has 1 aliphatic rings. The van der Waals surface area contributed by atoms with E-state index in [4.69, 9.17) is 14.6 Å². The number of amides is 1. The maximum Gasteiger partial charge on any atom is 0.337 e. The monoisotopic (exact) mass is 345 g/mol. The van der Waals surface area contributed by atoms with Gasteiger partial charge in [0.2, 0.25) is 0 Å². The number of nitrogens with zero attached hydrogens (tertiary/aromatic N) is 1. The van der Waals surface area contributed by atoms with Crippen molar-refractivity contribution < 1.29 is 24.2 Å². The van der Waals surface area contributed by atoms with E-state index in [2.05, 4.69) is 10.3 Å². The number of fused-ring (bicyclic) bond motifs is 1. The number of aromatic nitrogens is 1. The number of rotatable bonds is 6. The highest BCUT2D eigenvalue weighted by molar-refractivity contribution is 6.10. The third-order valence-corrected chi connectivity index (χ3v) is 4.09. The number of hydrogen-bond donors (Lipinski definition) is 3.